The van der Waals surface area contributed by atoms with Gasteiger partial charge in [0.1, 0.15) is 0 Å². The van der Waals surface area contributed by atoms with Crippen LogP contribution in [0, 0.1) is 0 Å². The molecule has 2 aromatic rings. The maximum absolute atomic E-state index is 12.7. The summed E-state index contributed by atoms with van der Waals surface area (Å²) in [6, 6.07) is 8.13. The average Bonchev–Trinajstić information content (AvgIpc) is 3.12. The van der Waals surface area contributed by atoms with Crippen LogP contribution in [0.25, 0.3) is 0 Å². The third-order valence-electron chi connectivity index (χ3n) is 4.31. The Bertz CT molecular complexity index is 784. The zero-order valence-electron chi connectivity index (χ0n) is 12.3. The number of benzene rings is 1. The molecule has 7 nitrogen and oxygen atoms in total. The molecule has 0 aliphatic carbocycles. The minimum absolute atomic E-state index is 0.0591. The van der Waals surface area contributed by atoms with Gasteiger partial charge in [-0.05, 0) is 11.6 Å². The summed E-state index contributed by atoms with van der Waals surface area (Å²) in [6.07, 6.45) is 1.54. The van der Waals surface area contributed by atoms with Crippen molar-refractivity contribution in [3.63, 3.8) is 0 Å². The Balaban J connectivity index is 1.42. The van der Waals surface area contributed by atoms with E-state index in [0.717, 1.165) is 11.3 Å². The standard InChI is InChI=1S/C15H15N5O2S/c16-14(21)12-7-20(18-17-12)9-5-19(6-9)15(22)11-8-23-13-4-2-1-3-10(11)13/h1-4,7,9,11H,5-6,8H2,(H2,16,21). The topological polar surface area (TPSA) is 94.1 Å². The summed E-state index contributed by atoms with van der Waals surface area (Å²) in [5.41, 5.74) is 6.45. The summed E-state index contributed by atoms with van der Waals surface area (Å²) in [7, 11) is 0. The number of nitrogens with two attached hydrogens (primary N) is 1. The molecule has 1 saturated heterocycles. The molecular weight excluding hydrogens is 314 g/mol. The van der Waals surface area contributed by atoms with Gasteiger partial charge in [0.05, 0.1) is 18.2 Å². The minimum atomic E-state index is -0.594. The number of fused-ring (bicyclic) bond motifs is 1. The number of nitrogens with zero attached hydrogens (tertiary/aromatic N) is 4. The van der Waals surface area contributed by atoms with Crippen LogP contribution < -0.4 is 5.73 Å². The van der Waals surface area contributed by atoms with Crippen LogP contribution in [-0.2, 0) is 4.79 Å². The fraction of sp³-hybridized carbons (Fsp3) is 0.333. The van der Waals surface area contributed by atoms with Crippen LogP contribution >= 0.6 is 11.8 Å². The van der Waals surface area contributed by atoms with Crippen molar-refractivity contribution in [3.05, 3.63) is 41.7 Å². The molecule has 2 aliphatic heterocycles. The predicted molar refractivity (Wildman–Crippen MR) is 84.1 cm³/mol. The van der Waals surface area contributed by atoms with Gasteiger partial charge in [-0.15, -0.1) is 16.9 Å². The lowest BCUT2D eigenvalue weighted by Gasteiger charge is -2.40. The quantitative estimate of drug-likeness (QED) is 0.892. The SMILES string of the molecule is NC(=O)c1cn(C2CN(C(=O)C3CSc4ccccc43)C2)nn1. The third kappa shape index (κ3) is 2.39. The Labute approximate surface area is 136 Å². The van der Waals surface area contributed by atoms with Gasteiger partial charge in [0, 0.05) is 23.7 Å². The molecule has 0 radical (unpaired) electrons. The van der Waals surface area contributed by atoms with Gasteiger partial charge in [-0.1, -0.05) is 23.4 Å². The van der Waals surface area contributed by atoms with E-state index in [1.54, 1.807) is 16.4 Å². The molecule has 0 saturated carbocycles. The summed E-state index contributed by atoms with van der Waals surface area (Å²) >= 11 is 1.73. The fourth-order valence-electron chi connectivity index (χ4n) is 2.96. The van der Waals surface area contributed by atoms with Crippen molar-refractivity contribution in [2.45, 2.75) is 16.9 Å². The second-order valence-corrected chi connectivity index (χ2v) is 6.81. The molecule has 3 heterocycles. The van der Waals surface area contributed by atoms with E-state index in [0.29, 0.717) is 13.1 Å². The Hall–Kier alpha value is -2.35. The molecule has 2 amide bonds. The third-order valence-corrected chi connectivity index (χ3v) is 5.49. The first-order valence-corrected chi connectivity index (χ1v) is 8.34. The predicted octanol–water partition coefficient (Wildman–Crippen LogP) is 0.650. The highest BCUT2D eigenvalue weighted by Crippen LogP contribution is 2.41. The maximum Gasteiger partial charge on any atom is 0.270 e. The minimum Gasteiger partial charge on any atom is -0.364 e. The molecule has 1 aromatic heterocycles. The van der Waals surface area contributed by atoms with Crippen molar-refractivity contribution in [3.8, 4) is 0 Å². The molecule has 118 valence electrons. The van der Waals surface area contributed by atoms with Crippen LogP contribution in [0.3, 0.4) is 0 Å². The molecule has 4 rings (SSSR count). The van der Waals surface area contributed by atoms with Crippen LogP contribution in [0.2, 0.25) is 0 Å². The number of thioether (sulfide) groups is 1. The zero-order chi connectivity index (χ0) is 16.0. The monoisotopic (exact) mass is 329 g/mol. The highest BCUT2D eigenvalue weighted by molar-refractivity contribution is 7.99. The van der Waals surface area contributed by atoms with Crippen molar-refractivity contribution in [1.82, 2.24) is 19.9 Å². The van der Waals surface area contributed by atoms with Gasteiger partial charge < -0.3 is 10.6 Å². The van der Waals surface area contributed by atoms with Crippen molar-refractivity contribution >= 4 is 23.6 Å². The molecule has 1 atom stereocenters. The van der Waals surface area contributed by atoms with Crippen LogP contribution in [0.4, 0.5) is 0 Å². The Kier molecular flexibility index (Phi) is 3.33. The maximum atomic E-state index is 12.7. The lowest BCUT2D eigenvalue weighted by atomic mass is 9.97. The van der Waals surface area contributed by atoms with Crippen molar-refractivity contribution in [1.29, 1.82) is 0 Å². The molecule has 1 fully saturated rings. The van der Waals surface area contributed by atoms with Crippen molar-refractivity contribution < 1.29 is 9.59 Å². The number of primary amides is 1. The molecule has 1 unspecified atom stereocenters. The summed E-state index contributed by atoms with van der Waals surface area (Å²) in [6.45, 7) is 1.17. The van der Waals surface area contributed by atoms with E-state index in [1.807, 2.05) is 23.1 Å². The first-order valence-electron chi connectivity index (χ1n) is 7.35. The van der Waals surface area contributed by atoms with Gasteiger partial charge in [-0.25, -0.2) is 4.68 Å². The normalized spacial score (nSPS) is 20.2. The fourth-order valence-corrected chi connectivity index (χ4v) is 4.18. The summed E-state index contributed by atoms with van der Waals surface area (Å²) in [5.74, 6) is 0.306. The highest BCUT2D eigenvalue weighted by atomic mass is 32.2. The van der Waals surface area contributed by atoms with Crippen LogP contribution in [0.1, 0.15) is 28.0 Å². The first kappa shape index (κ1) is 14.3. The number of amides is 2. The molecule has 2 aliphatic rings. The number of rotatable bonds is 3. The Morgan fingerprint density at radius 2 is 2.04 bits per heavy atom. The molecule has 0 spiro atoms. The smallest absolute Gasteiger partial charge is 0.270 e. The molecule has 23 heavy (non-hydrogen) atoms. The van der Waals surface area contributed by atoms with Crippen LogP contribution in [0.15, 0.2) is 35.4 Å². The average molecular weight is 329 g/mol. The Morgan fingerprint density at radius 3 is 2.78 bits per heavy atom. The number of hydrogen-bond acceptors (Lipinski definition) is 5. The van der Waals surface area contributed by atoms with Crippen LogP contribution in [-0.4, -0.2) is 50.6 Å². The van der Waals surface area contributed by atoms with Gasteiger partial charge in [0.15, 0.2) is 5.69 Å². The summed E-state index contributed by atoms with van der Waals surface area (Å²) in [5, 5.41) is 7.64. The molecule has 0 bridgehead atoms. The molecular formula is C15H15N5O2S. The largest absolute Gasteiger partial charge is 0.364 e. The van der Waals surface area contributed by atoms with Gasteiger partial charge in [0.2, 0.25) is 5.91 Å². The number of carbonyl (C=O) groups is 2. The van der Waals surface area contributed by atoms with E-state index in [-0.39, 0.29) is 23.6 Å². The van der Waals surface area contributed by atoms with Gasteiger partial charge in [0.25, 0.3) is 5.91 Å². The highest BCUT2D eigenvalue weighted by Gasteiger charge is 2.39. The van der Waals surface area contributed by atoms with Gasteiger partial charge >= 0.3 is 0 Å². The zero-order valence-corrected chi connectivity index (χ0v) is 13.1. The number of carbonyl (C=O) groups excluding carboxylic acids is 2. The van der Waals surface area contributed by atoms with Crippen molar-refractivity contribution in [2.24, 2.45) is 5.73 Å². The van der Waals surface area contributed by atoms with Gasteiger partial charge in [-0.2, -0.15) is 0 Å². The number of likely N-dealkylation sites (tertiary alicyclic amines) is 1. The van der Waals surface area contributed by atoms with E-state index >= 15 is 0 Å². The lowest BCUT2D eigenvalue weighted by Crippen LogP contribution is -2.52. The Morgan fingerprint density at radius 1 is 1.26 bits per heavy atom. The second kappa shape index (κ2) is 5.38. The number of aromatic nitrogens is 3. The van der Waals surface area contributed by atoms with Gasteiger partial charge in [-0.3, -0.25) is 9.59 Å². The van der Waals surface area contributed by atoms with Crippen molar-refractivity contribution in [2.75, 3.05) is 18.8 Å². The molecule has 2 N–H and O–H groups in total. The van der Waals surface area contributed by atoms with E-state index in [2.05, 4.69) is 16.4 Å². The summed E-state index contributed by atoms with van der Waals surface area (Å²) in [4.78, 5) is 26.8. The van der Waals surface area contributed by atoms with E-state index < -0.39 is 5.91 Å². The molecule has 8 heteroatoms. The van der Waals surface area contributed by atoms with E-state index in [1.165, 1.54) is 11.1 Å². The summed E-state index contributed by atoms with van der Waals surface area (Å²) < 4.78 is 1.61. The molecule has 1 aromatic carbocycles. The van der Waals surface area contributed by atoms with E-state index in [9.17, 15) is 9.59 Å². The van der Waals surface area contributed by atoms with E-state index in [4.69, 9.17) is 5.73 Å². The van der Waals surface area contributed by atoms with Crippen LogP contribution in [0.5, 0.6) is 0 Å². The lowest BCUT2D eigenvalue weighted by molar-refractivity contribution is -0.138. The first-order chi connectivity index (χ1) is 11.1. The number of hydrogen-bond donors (Lipinski definition) is 1. The second-order valence-electron chi connectivity index (χ2n) is 5.75.